The van der Waals surface area contributed by atoms with Gasteiger partial charge in [-0.2, -0.15) is 0 Å². The van der Waals surface area contributed by atoms with Crippen molar-refractivity contribution in [2.45, 2.75) is 6.04 Å². The average molecular weight is 347 g/mol. The van der Waals surface area contributed by atoms with E-state index in [1.165, 1.54) is 0 Å². The van der Waals surface area contributed by atoms with Gasteiger partial charge in [-0.15, -0.1) is 11.3 Å². The van der Waals surface area contributed by atoms with Crippen molar-refractivity contribution >= 4 is 28.8 Å². The summed E-state index contributed by atoms with van der Waals surface area (Å²) in [4.78, 5) is 27.2. The first-order valence-corrected chi connectivity index (χ1v) is 8.32. The summed E-state index contributed by atoms with van der Waals surface area (Å²) in [5.41, 5.74) is 0.511. The maximum absolute atomic E-state index is 12.0. The van der Waals surface area contributed by atoms with Crippen LogP contribution in [0.1, 0.15) is 10.9 Å². The van der Waals surface area contributed by atoms with E-state index in [1.54, 1.807) is 42.7 Å². The molecule has 2 aromatic rings. The van der Waals surface area contributed by atoms with Crippen molar-refractivity contribution in [1.29, 1.82) is 0 Å². The number of nitrogens with zero attached hydrogens (tertiary/aromatic N) is 1. The third-order valence-electron chi connectivity index (χ3n) is 3.48. The Bertz CT molecular complexity index is 686. The van der Waals surface area contributed by atoms with E-state index in [2.05, 4.69) is 10.6 Å². The average Bonchev–Trinajstić information content (AvgIpc) is 3.08. The van der Waals surface area contributed by atoms with E-state index in [4.69, 9.17) is 4.74 Å². The maximum atomic E-state index is 12.0. The molecule has 0 aliphatic carbocycles. The molecule has 0 bridgehead atoms. The van der Waals surface area contributed by atoms with Gasteiger partial charge in [0, 0.05) is 23.2 Å². The number of rotatable bonds is 6. The molecular weight excluding hydrogens is 326 g/mol. The van der Waals surface area contributed by atoms with E-state index >= 15 is 0 Å². The number of likely N-dealkylation sites (N-methyl/N-ethyl adjacent to an activating group) is 1. The van der Waals surface area contributed by atoms with Gasteiger partial charge < -0.3 is 20.3 Å². The molecule has 0 spiro atoms. The number of nitrogens with one attached hydrogen (secondary N) is 2. The van der Waals surface area contributed by atoms with E-state index in [1.807, 2.05) is 36.5 Å². The number of hydrogen-bond donors (Lipinski definition) is 2. The number of amides is 2. The number of hydrogen-bond acceptors (Lipinski definition) is 5. The van der Waals surface area contributed by atoms with Crippen molar-refractivity contribution < 1.29 is 14.3 Å². The fraction of sp³-hybridized carbons (Fsp3) is 0.294. The minimum atomic E-state index is -0.702. The Kier molecular flexibility index (Phi) is 6.34. The minimum absolute atomic E-state index is 0.0265. The zero-order chi connectivity index (χ0) is 17.5. The van der Waals surface area contributed by atoms with Crippen LogP contribution < -0.4 is 15.4 Å². The van der Waals surface area contributed by atoms with Crippen LogP contribution in [-0.2, 0) is 9.59 Å². The highest BCUT2D eigenvalue weighted by Crippen LogP contribution is 2.22. The number of ether oxygens (including phenoxy) is 1. The summed E-state index contributed by atoms with van der Waals surface area (Å²) < 4.78 is 5.09. The predicted molar refractivity (Wildman–Crippen MR) is 95.4 cm³/mol. The van der Waals surface area contributed by atoms with Crippen LogP contribution in [0.25, 0.3) is 0 Å². The van der Waals surface area contributed by atoms with E-state index < -0.39 is 11.8 Å². The van der Waals surface area contributed by atoms with Gasteiger partial charge in [0.25, 0.3) is 0 Å². The van der Waals surface area contributed by atoms with Crippen LogP contribution in [0.3, 0.4) is 0 Å². The summed E-state index contributed by atoms with van der Waals surface area (Å²) in [6.45, 7) is 0.359. The van der Waals surface area contributed by atoms with Gasteiger partial charge in [0.2, 0.25) is 0 Å². The molecule has 24 heavy (non-hydrogen) atoms. The Hall–Kier alpha value is -2.38. The molecule has 0 aliphatic rings. The summed E-state index contributed by atoms with van der Waals surface area (Å²) in [7, 11) is 5.42. The molecular formula is C17H21N3O3S. The molecule has 0 fully saturated rings. The Morgan fingerprint density at radius 2 is 2.00 bits per heavy atom. The highest BCUT2D eigenvalue weighted by Gasteiger charge is 2.19. The van der Waals surface area contributed by atoms with E-state index in [0.29, 0.717) is 18.0 Å². The maximum Gasteiger partial charge on any atom is 0.313 e. The third kappa shape index (κ3) is 4.81. The highest BCUT2D eigenvalue weighted by atomic mass is 32.1. The molecule has 0 aliphatic heterocycles. The van der Waals surface area contributed by atoms with Gasteiger partial charge in [0.15, 0.2) is 0 Å². The Balaban J connectivity index is 1.92. The molecule has 2 amide bonds. The van der Waals surface area contributed by atoms with Crippen LogP contribution in [0, 0.1) is 0 Å². The molecule has 0 radical (unpaired) electrons. The zero-order valence-electron chi connectivity index (χ0n) is 13.9. The van der Waals surface area contributed by atoms with Crippen molar-refractivity contribution in [1.82, 2.24) is 10.2 Å². The van der Waals surface area contributed by atoms with E-state index in [9.17, 15) is 9.59 Å². The van der Waals surface area contributed by atoms with Crippen molar-refractivity contribution in [3.8, 4) is 5.75 Å². The summed E-state index contributed by atoms with van der Waals surface area (Å²) in [5.74, 6) is -0.758. The fourth-order valence-electron chi connectivity index (χ4n) is 2.18. The lowest BCUT2D eigenvalue weighted by Crippen LogP contribution is -2.40. The van der Waals surface area contributed by atoms with Gasteiger partial charge in [-0.1, -0.05) is 12.1 Å². The molecule has 1 heterocycles. The predicted octanol–water partition coefficient (Wildman–Crippen LogP) is 2.11. The minimum Gasteiger partial charge on any atom is -0.497 e. The lowest BCUT2D eigenvalue weighted by Gasteiger charge is -2.23. The van der Waals surface area contributed by atoms with Gasteiger partial charge in [0.05, 0.1) is 13.2 Å². The lowest BCUT2D eigenvalue weighted by molar-refractivity contribution is -0.136. The Morgan fingerprint density at radius 1 is 1.21 bits per heavy atom. The van der Waals surface area contributed by atoms with Crippen LogP contribution in [0.2, 0.25) is 0 Å². The summed E-state index contributed by atoms with van der Waals surface area (Å²) in [5, 5.41) is 7.24. The van der Waals surface area contributed by atoms with Crippen molar-refractivity contribution in [3.63, 3.8) is 0 Å². The second kappa shape index (κ2) is 8.47. The zero-order valence-corrected chi connectivity index (χ0v) is 14.7. The SMILES string of the molecule is COc1cccc(NC(=O)C(=O)NCC(c2cccs2)N(C)C)c1. The number of carbonyl (C=O) groups excluding carboxylic acids is 2. The largest absolute Gasteiger partial charge is 0.497 e. The molecule has 1 aromatic carbocycles. The van der Waals surface area contributed by atoms with Gasteiger partial charge >= 0.3 is 11.8 Å². The van der Waals surface area contributed by atoms with Gasteiger partial charge in [-0.05, 0) is 37.7 Å². The molecule has 0 saturated carbocycles. The van der Waals surface area contributed by atoms with Crippen LogP contribution in [0.15, 0.2) is 41.8 Å². The van der Waals surface area contributed by atoms with Crippen LogP contribution >= 0.6 is 11.3 Å². The normalized spacial score (nSPS) is 11.8. The summed E-state index contributed by atoms with van der Waals surface area (Å²) >= 11 is 1.62. The summed E-state index contributed by atoms with van der Waals surface area (Å²) in [6.07, 6.45) is 0. The monoisotopic (exact) mass is 347 g/mol. The fourth-order valence-corrected chi connectivity index (χ4v) is 3.10. The number of benzene rings is 1. The molecule has 2 N–H and O–H groups in total. The number of carbonyl (C=O) groups is 2. The van der Waals surface area contributed by atoms with Gasteiger partial charge in [-0.25, -0.2) is 0 Å². The number of anilines is 1. The van der Waals surface area contributed by atoms with Crippen molar-refractivity contribution in [3.05, 3.63) is 46.7 Å². The molecule has 1 atom stereocenters. The van der Waals surface area contributed by atoms with E-state index in [-0.39, 0.29) is 6.04 Å². The number of thiophene rings is 1. The summed E-state index contributed by atoms with van der Waals surface area (Å²) in [6, 6.07) is 10.9. The smallest absolute Gasteiger partial charge is 0.313 e. The molecule has 2 rings (SSSR count). The lowest BCUT2D eigenvalue weighted by atomic mass is 10.2. The first kappa shape index (κ1) is 18.0. The molecule has 1 unspecified atom stereocenters. The third-order valence-corrected chi connectivity index (χ3v) is 4.46. The molecule has 1 aromatic heterocycles. The van der Waals surface area contributed by atoms with Crippen LogP contribution in [-0.4, -0.2) is 44.5 Å². The highest BCUT2D eigenvalue weighted by molar-refractivity contribution is 7.10. The standard InChI is InChI=1S/C17H21N3O3S/c1-20(2)14(15-8-5-9-24-15)11-18-16(21)17(22)19-12-6-4-7-13(10-12)23-3/h4-10,14H,11H2,1-3H3,(H,18,21)(H,19,22). The van der Waals surface area contributed by atoms with Gasteiger partial charge in [-0.3, -0.25) is 9.59 Å². The second-order valence-electron chi connectivity index (χ2n) is 5.39. The quantitative estimate of drug-likeness (QED) is 0.785. The first-order chi connectivity index (χ1) is 11.5. The molecule has 7 heteroatoms. The second-order valence-corrected chi connectivity index (χ2v) is 6.37. The molecule has 128 valence electrons. The molecule has 6 nitrogen and oxygen atoms in total. The first-order valence-electron chi connectivity index (χ1n) is 7.44. The van der Waals surface area contributed by atoms with E-state index in [0.717, 1.165) is 4.88 Å². The van der Waals surface area contributed by atoms with Gasteiger partial charge in [0.1, 0.15) is 5.75 Å². The number of methoxy groups -OCH3 is 1. The van der Waals surface area contributed by atoms with Crippen LogP contribution in [0.5, 0.6) is 5.75 Å². The Labute approximate surface area is 145 Å². The van der Waals surface area contributed by atoms with Crippen molar-refractivity contribution in [2.75, 3.05) is 33.1 Å². The Morgan fingerprint density at radius 3 is 2.62 bits per heavy atom. The van der Waals surface area contributed by atoms with Crippen LogP contribution in [0.4, 0.5) is 5.69 Å². The molecule has 0 saturated heterocycles. The van der Waals surface area contributed by atoms with Crippen molar-refractivity contribution in [2.24, 2.45) is 0 Å². The topological polar surface area (TPSA) is 70.7 Å².